The molecule has 28 heavy (non-hydrogen) atoms. The molecular weight excluding hydrogens is 448 g/mol. The van der Waals surface area contributed by atoms with Gasteiger partial charge in [0.05, 0.1) is 12.4 Å². The summed E-state index contributed by atoms with van der Waals surface area (Å²) in [6, 6.07) is 5.71. The molecule has 0 saturated carbocycles. The van der Waals surface area contributed by atoms with Crippen LogP contribution < -0.4 is 4.74 Å². The number of hydrogen-bond donors (Lipinski definition) is 0. The fraction of sp³-hybridized carbons (Fsp3) is 0.500. The van der Waals surface area contributed by atoms with Crippen LogP contribution in [0.15, 0.2) is 34.2 Å². The molecule has 1 amide bonds. The number of ether oxygens (including phenoxy) is 1. The summed E-state index contributed by atoms with van der Waals surface area (Å²) in [4.78, 5) is 14.3. The Hall–Kier alpha value is -1.94. The van der Waals surface area contributed by atoms with Crippen LogP contribution in [0.5, 0.6) is 5.75 Å². The average molecular weight is 471 g/mol. The van der Waals surface area contributed by atoms with E-state index in [2.05, 4.69) is 26.1 Å². The molecule has 0 atom stereocenters. The van der Waals surface area contributed by atoms with Crippen LogP contribution in [0.1, 0.15) is 24.8 Å². The van der Waals surface area contributed by atoms with Crippen molar-refractivity contribution in [3.05, 3.63) is 34.6 Å². The van der Waals surface area contributed by atoms with Gasteiger partial charge in [-0.1, -0.05) is 15.9 Å². The number of nitrogens with zero attached hydrogens (tertiary/aromatic N) is 4. The van der Waals surface area contributed by atoms with Crippen LogP contribution in [0.3, 0.4) is 0 Å². The van der Waals surface area contributed by atoms with Crippen LogP contribution in [0.25, 0.3) is 0 Å². The zero-order valence-corrected chi connectivity index (χ0v) is 18.2. The van der Waals surface area contributed by atoms with Crippen molar-refractivity contribution < 1.29 is 17.9 Å². The summed E-state index contributed by atoms with van der Waals surface area (Å²) < 4.78 is 33.1. The minimum absolute atomic E-state index is 0.0148. The van der Waals surface area contributed by atoms with Gasteiger partial charge in [-0.25, -0.2) is 8.42 Å². The van der Waals surface area contributed by atoms with E-state index < -0.39 is 15.1 Å². The number of hydrogen-bond acceptors (Lipinski definition) is 6. The first-order chi connectivity index (χ1) is 13.3. The van der Waals surface area contributed by atoms with Gasteiger partial charge in [0.15, 0.2) is 0 Å². The van der Waals surface area contributed by atoms with Crippen LogP contribution in [-0.4, -0.2) is 59.4 Å². The quantitative estimate of drug-likeness (QED) is 0.640. The van der Waals surface area contributed by atoms with Crippen molar-refractivity contribution in [1.82, 2.24) is 19.7 Å². The van der Waals surface area contributed by atoms with Gasteiger partial charge in [0, 0.05) is 31.0 Å². The zero-order chi connectivity index (χ0) is 20.3. The maximum Gasteiger partial charge on any atom is 0.249 e. The molecule has 0 radical (unpaired) electrons. The highest BCUT2D eigenvalue weighted by Crippen LogP contribution is 2.26. The van der Waals surface area contributed by atoms with E-state index >= 15 is 0 Å². The zero-order valence-electron chi connectivity index (χ0n) is 15.8. The first-order valence-electron chi connectivity index (χ1n) is 9.01. The predicted molar refractivity (Wildman–Crippen MR) is 107 cm³/mol. The number of aryl methyl sites for hydroxylation is 2. The van der Waals surface area contributed by atoms with Crippen molar-refractivity contribution in [1.29, 1.82) is 0 Å². The lowest BCUT2D eigenvalue weighted by Crippen LogP contribution is -2.43. The van der Waals surface area contributed by atoms with E-state index in [1.54, 1.807) is 19.1 Å². The molecule has 2 heterocycles. The van der Waals surface area contributed by atoms with E-state index in [0.717, 1.165) is 15.8 Å². The Balaban J connectivity index is 1.57. The number of aromatic nitrogens is 3. The number of benzene rings is 1. The molecule has 1 aliphatic heterocycles. The minimum atomic E-state index is -3.54. The third-order valence-electron chi connectivity index (χ3n) is 5.01. The van der Waals surface area contributed by atoms with Crippen LogP contribution in [-0.2, 0) is 28.1 Å². The van der Waals surface area contributed by atoms with Gasteiger partial charge in [-0.3, -0.25) is 4.79 Å². The molecule has 0 aliphatic carbocycles. The number of piperidine rings is 1. The number of amides is 1. The molecule has 8 nitrogen and oxygen atoms in total. The van der Waals surface area contributed by atoms with Gasteiger partial charge < -0.3 is 14.2 Å². The summed E-state index contributed by atoms with van der Waals surface area (Å²) in [5, 5.41) is 6.83. The Kier molecular flexibility index (Phi) is 6.39. The SMILES string of the molecule is COc1ccc(Br)cc1CCC(=O)N1CCC(S(=O)(=O)c2nncn2C)CC1. The number of likely N-dealkylation sites (tertiary alicyclic amines) is 1. The van der Waals surface area contributed by atoms with Crippen LogP contribution in [0, 0.1) is 0 Å². The molecule has 2 aromatic rings. The molecular formula is C18H23BrN4O4S. The number of halogens is 1. The largest absolute Gasteiger partial charge is 0.496 e. The second-order valence-corrected chi connectivity index (χ2v) is 9.84. The Morgan fingerprint density at radius 1 is 1.32 bits per heavy atom. The molecule has 1 aliphatic rings. The second-order valence-electron chi connectivity index (χ2n) is 6.81. The Bertz CT molecular complexity index is 952. The molecule has 152 valence electrons. The Labute approximate surface area is 172 Å². The maximum absolute atomic E-state index is 12.7. The monoisotopic (exact) mass is 470 g/mol. The lowest BCUT2D eigenvalue weighted by Gasteiger charge is -2.31. The second kappa shape index (κ2) is 8.60. The lowest BCUT2D eigenvalue weighted by atomic mass is 10.1. The summed E-state index contributed by atoms with van der Waals surface area (Å²) >= 11 is 3.44. The van der Waals surface area contributed by atoms with Crippen molar-refractivity contribution in [3.8, 4) is 5.75 Å². The molecule has 0 N–H and O–H groups in total. The maximum atomic E-state index is 12.7. The highest BCUT2D eigenvalue weighted by Gasteiger charge is 2.35. The molecule has 10 heteroatoms. The van der Waals surface area contributed by atoms with Gasteiger partial charge in [-0.2, -0.15) is 0 Å². The number of sulfone groups is 1. The highest BCUT2D eigenvalue weighted by molar-refractivity contribution is 9.10. The van der Waals surface area contributed by atoms with Crippen molar-refractivity contribution in [2.24, 2.45) is 7.05 Å². The van der Waals surface area contributed by atoms with E-state index in [0.29, 0.717) is 38.8 Å². The Morgan fingerprint density at radius 3 is 2.64 bits per heavy atom. The fourth-order valence-electron chi connectivity index (χ4n) is 3.44. The number of methoxy groups -OCH3 is 1. The molecule has 0 bridgehead atoms. The van der Waals surface area contributed by atoms with Gasteiger partial charge in [0.1, 0.15) is 12.1 Å². The third kappa shape index (κ3) is 4.38. The summed E-state index contributed by atoms with van der Waals surface area (Å²) in [6.07, 6.45) is 3.11. The van der Waals surface area contributed by atoms with E-state index in [4.69, 9.17) is 4.74 Å². The molecule has 1 aromatic carbocycles. The first-order valence-corrected chi connectivity index (χ1v) is 11.3. The van der Waals surface area contributed by atoms with Gasteiger partial charge in [-0.05, 0) is 43.0 Å². The first kappa shape index (κ1) is 20.8. The summed E-state index contributed by atoms with van der Waals surface area (Å²) in [5.41, 5.74) is 0.963. The van der Waals surface area contributed by atoms with Crippen LogP contribution >= 0.6 is 15.9 Å². The highest BCUT2D eigenvalue weighted by atomic mass is 79.9. The van der Waals surface area contributed by atoms with Crippen molar-refractivity contribution >= 4 is 31.7 Å². The van der Waals surface area contributed by atoms with Gasteiger partial charge in [0.25, 0.3) is 0 Å². The van der Waals surface area contributed by atoms with Crippen molar-refractivity contribution in [3.63, 3.8) is 0 Å². The third-order valence-corrected chi connectivity index (χ3v) is 7.73. The Morgan fingerprint density at radius 2 is 2.04 bits per heavy atom. The van der Waals surface area contributed by atoms with E-state index in [1.165, 1.54) is 10.9 Å². The molecule has 0 spiro atoms. The van der Waals surface area contributed by atoms with Gasteiger partial charge in [-0.15, -0.1) is 10.2 Å². The van der Waals surface area contributed by atoms with Crippen molar-refractivity contribution in [2.75, 3.05) is 20.2 Å². The van der Waals surface area contributed by atoms with E-state index in [9.17, 15) is 13.2 Å². The molecule has 0 unspecified atom stereocenters. The average Bonchev–Trinajstić information content (AvgIpc) is 3.13. The molecule has 1 aromatic heterocycles. The summed E-state index contributed by atoms with van der Waals surface area (Å²) in [6.45, 7) is 0.854. The van der Waals surface area contributed by atoms with Crippen LogP contribution in [0.4, 0.5) is 0 Å². The van der Waals surface area contributed by atoms with E-state index in [1.807, 2.05) is 18.2 Å². The minimum Gasteiger partial charge on any atom is -0.496 e. The topological polar surface area (TPSA) is 94.4 Å². The normalized spacial score (nSPS) is 15.6. The van der Waals surface area contributed by atoms with Gasteiger partial charge in [0.2, 0.25) is 20.9 Å². The molecule has 1 fully saturated rings. The number of carbonyl (C=O) groups excluding carboxylic acids is 1. The molecule has 3 rings (SSSR count). The smallest absolute Gasteiger partial charge is 0.249 e. The standard InChI is InChI=1S/C18H23BrN4O4S/c1-22-12-20-21-18(22)28(25,26)15-7-9-23(10-8-15)17(24)6-3-13-11-14(19)4-5-16(13)27-2/h4-5,11-12,15H,3,6-10H2,1-2H3. The fourth-order valence-corrected chi connectivity index (χ4v) is 5.58. The number of carbonyl (C=O) groups is 1. The number of rotatable bonds is 6. The molecule has 1 saturated heterocycles. The van der Waals surface area contributed by atoms with Crippen molar-refractivity contribution in [2.45, 2.75) is 36.1 Å². The van der Waals surface area contributed by atoms with Crippen LogP contribution in [0.2, 0.25) is 0 Å². The summed E-state index contributed by atoms with van der Waals surface area (Å²) in [5.74, 6) is 0.779. The summed E-state index contributed by atoms with van der Waals surface area (Å²) in [7, 11) is -0.317. The lowest BCUT2D eigenvalue weighted by molar-refractivity contribution is -0.132. The van der Waals surface area contributed by atoms with Gasteiger partial charge >= 0.3 is 0 Å². The van der Waals surface area contributed by atoms with E-state index in [-0.39, 0.29) is 11.1 Å². The predicted octanol–water partition coefficient (Wildman–Crippen LogP) is 1.98.